The molecule has 21 heavy (non-hydrogen) atoms. The van der Waals surface area contributed by atoms with Crippen molar-refractivity contribution in [2.24, 2.45) is 0 Å². The van der Waals surface area contributed by atoms with E-state index in [0.717, 1.165) is 53.2 Å². The molecule has 3 nitrogen and oxygen atoms in total. The first-order chi connectivity index (χ1) is 10.2. The van der Waals surface area contributed by atoms with Crippen LogP contribution >= 0.6 is 15.9 Å². The standard InChI is InChI=1S/C17H22BrN3/c1-4-9-14-15(18)17(19-6-3)21-16(20-14)13-11-8-7-10-12(13)5-2/h7-8,10-11H,4-6,9H2,1-3H3,(H,19,20,21). The fraction of sp³-hybridized carbons (Fsp3) is 0.412. The molecule has 1 heterocycles. The number of nitrogens with one attached hydrogen (secondary N) is 1. The number of hydrogen-bond acceptors (Lipinski definition) is 3. The molecule has 0 saturated heterocycles. The van der Waals surface area contributed by atoms with Gasteiger partial charge < -0.3 is 5.32 Å². The molecule has 1 aromatic carbocycles. The van der Waals surface area contributed by atoms with Gasteiger partial charge in [-0.3, -0.25) is 0 Å². The summed E-state index contributed by atoms with van der Waals surface area (Å²) in [6.07, 6.45) is 2.99. The number of rotatable bonds is 6. The Labute approximate surface area is 135 Å². The van der Waals surface area contributed by atoms with Gasteiger partial charge in [-0.15, -0.1) is 0 Å². The van der Waals surface area contributed by atoms with Crippen LogP contribution in [0.15, 0.2) is 28.7 Å². The van der Waals surface area contributed by atoms with Gasteiger partial charge in [0.1, 0.15) is 5.82 Å². The van der Waals surface area contributed by atoms with Gasteiger partial charge in [0.25, 0.3) is 0 Å². The van der Waals surface area contributed by atoms with Crippen LogP contribution in [0, 0.1) is 0 Å². The Balaban J connectivity index is 2.57. The summed E-state index contributed by atoms with van der Waals surface area (Å²) in [5.41, 5.74) is 3.48. The average Bonchev–Trinajstić information content (AvgIpc) is 2.51. The minimum absolute atomic E-state index is 0.815. The second-order valence-electron chi connectivity index (χ2n) is 4.95. The normalized spacial score (nSPS) is 10.7. The van der Waals surface area contributed by atoms with Crippen LogP contribution < -0.4 is 5.32 Å². The number of aryl methyl sites for hydroxylation is 2. The SMILES string of the molecule is CCCc1nc(-c2ccccc2CC)nc(NCC)c1Br. The maximum atomic E-state index is 4.79. The Morgan fingerprint density at radius 1 is 1.10 bits per heavy atom. The Hall–Kier alpha value is -1.42. The molecule has 0 amide bonds. The first-order valence-corrected chi connectivity index (χ1v) is 8.39. The number of aromatic nitrogens is 2. The van der Waals surface area contributed by atoms with Gasteiger partial charge in [-0.25, -0.2) is 9.97 Å². The maximum Gasteiger partial charge on any atom is 0.162 e. The summed E-state index contributed by atoms with van der Waals surface area (Å²) in [6.45, 7) is 7.25. The molecule has 0 aliphatic rings. The summed E-state index contributed by atoms with van der Waals surface area (Å²) in [5, 5.41) is 3.32. The van der Waals surface area contributed by atoms with Crippen molar-refractivity contribution in [2.45, 2.75) is 40.0 Å². The first-order valence-electron chi connectivity index (χ1n) is 7.59. The second kappa shape index (κ2) is 7.55. The van der Waals surface area contributed by atoms with Crippen molar-refractivity contribution in [3.63, 3.8) is 0 Å². The van der Waals surface area contributed by atoms with Crippen molar-refractivity contribution in [3.05, 3.63) is 40.0 Å². The molecule has 0 aliphatic heterocycles. The molecule has 0 radical (unpaired) electrons. The zero-order valence-corrected chi connectivity index (χ0v) is 14.5. The lowest BCUT2D eigenvalue weighted by Crippen LogP contribution is -2.07. The molecule has 112 valence electrons. The van der Waals surface area contributed by atoms with E-state index in [0.29, 0.717) is 0 Å². The Bertz CT molecular complexity index is 584. The van der Waals surface area contributed by atoms with Gasteiger partial charge in [0.15, 0.2) is 5.82 Å². The highest BCUT2D eigenvalue weighted by atomic mass is 79.9. The number of anilines is 1. The van der Waals surface area contributed by atoms with Crippen LogP contribution in [-0.4, -0.2) is 16.5 Å². The van der Waals surface area contributed by atoms with Gasteiger partial charge >= 0.3 is 0 Å². The molecule has 0 aliphatic carbocycles. The number of halogens is 1. The van der Waals surface area contributed by atoms with Crippen LogP contribution in [0.2, 0.25) is 0 Å². The quantitative estimate of drug-likeness (QED) is 0.811. The Morgan fingerprint density at radius 2 is 1.86 bits per heavy atom. The smallest absolute Gasteiger partial charge is 0.162 e. The third kappa shape index (κ3) is 3.62. The zero-order chi connectivity index (χ0) is 15.2. The van der Waals surface area contributed by atoms with Gasteiger partial charge in [-0.05, 0) is 41.3 Å². The summed E-state index contributed by atoms with van der Waals surface area (Å²) >= 11 is 3.64. The van der Waals surface area contributed by atoms with Gasteiger partial charge in [-0.1, -0.05) is 44.5 Å². The molecular weight excluding hydrogens is 326 g/mol. The van der Waals surface area contributed by atoms with Gasteiger partial charge in [0.2, 0.25) is 0 Å². The first kappa shape index (κ1) is 16.0. The molecule has 2 rings (SSSR count). The molecule has 4 heteroatoms. The van der Waals surface area contributed by atoms with Crippen molar-refractivity contribution in [2.75, 3.05) is 11.9 Å². The topological polar surface area (TPSA) is 37.8 Å². The average molecular weight is 348 g/mol. The van der Waals surface area contributed by atoms with Gasteiger partial charge in [-0.2, -0.15) is 0 Å². The lowest BCUT2D eigenvalue weighted by atomic mass is 10.0. The highest BCUT2D eigenvalue weighted by molar-refractivity contribution is 9.10. The largest absolute Gasteiger partial charge is 0.369 e. The molecule has 0 unspecified atom stereocenters. The minimum atomic E-state index is 0.815. The van der Waals surface area contributed by atoms with E-state index in [1.54, 1.807) is 0 Å². The summed E-state index contributed by atoms with van der Waals surface area (Å²) < 4.78 is 0.990. The van der Waals surface area contributed by atoms with Crippen LogP contribution in [0.25, 0.3) is 11.4 Å². The van der Waals surface area contributed by atoms with Crippen molar-refractivity contribution in [3.8, 4) is 11.4 Å². The summed E-state index contributed by atoms with van der Waals surface area (Å²) in [5.74, 6) is 1.70. The lowest BCUT2D eigenvalue weighted by molar-refractivity contribution is 0.867. The molecule has 0 fully saturated rings. The maximum absolute atomic E-state index is 4.79. The van der Waals surface area contributed by atoms with Crippen molar-refractivity contribution in [1.82, 2.24) is 9.97 Å². The minimum Gasteiger partial charge on any atom is -0.369 e. The van der Waals surface area contributed by atoms with Crippen LogP contribution in [0.5, 0.6) is 0 Å². The predicted molar refractivity (Wildman–Crippen MR) is 92.7 cm³/mol. The van der Waals surface area contributed by atoms with E-state index < -0.39 is 0 Å². The highest BCUT2D eigenvalue weighted by Crippen LogP contribution is 2.29. The van der Waals surface area contributed by atoms with Crippen molar-refractivity contribution < 1.29 is 0 Å². The van der Waals surface area contributed by atoms with E-state index in [-0.39, 0.29) is 0 Å². The Morgan fingerprint density at radius 3 is 2.52 bits per heavy atom. The van der Waals surface area contributed by atoms with E-state index in [1.807, 2.05) is 6.07 Å². The van der Waals surface area contributed by atoms with Crippen molar-refractivity contribution >= 4 is 21.7 Å². The van der Waals surface area contributed by atoms with Crippen LogP contribution in [-0.2, 0) is 12.8 Å². The third-order valence-electron chi connectivity index (χ3n) is 3.39. The summed E-state index contributed by atoms with van der Waals surface area (Å²) in [4.78, 5) is 9.50. The lowest BCUT2D eigenvalue weighted by Gasteiger charge is -2.13. The predicted octanol–water partition coefficient (Wildman–Crippen LogP) is 4.85. The van der Waals surface area contributed by atoms with E-state index in [4.69, 9.17) is 9.97 Å². The van der Waals surface area contributed by atoms with Crippen molar-refractivity contribution in [1.29, 1.82) is 0 Å². The third-order valence-corrected chi connectivity index (χ3v) is 4.22. The van der Waals surface area contributed by atoms with Gasteiger partial charge in [0.05, 0.1) is 10.2 Å². The monoisotopic (exact) mass is 347 g/mol. The zero-order valence-electron chi connectivity index (χ0n) is 12.9. The molecule has 0 atom stereocenters. The summed E-state index contributed by atoms with van der Waals surface area (Å²) in [6, 6.07) is 8.37. The van der Waals surface area contributed by atoms with E-state index in [9.17, 15) is 0 Å². The van der Waals surface area contributed by atoms with E-state index >= 15 is 0 Å². The van der Waals surface area contributed by atoms with Gasteiger partial charge in [0, 0.05) is 12.1 Å². The molecule has 0 saturated carbocycles. The molecule has 0 spiro atoms. The number of hydrogen-bond donors (Lipinski definition) is 1. The number of benzene rings is 1. The van der Waals surface area contributed by atoms with Crippen LogP contribution in [0.4, 0.5) is 5.82 Å². The van der Waals surface area contributed by atoms with E-state index in [2.05, 4.69) is 60.2 Å². The molecular formula is C17H22BrN3. The summed E-state index contributed by atoms with van der Waals surface area (Å²) in [7, 11) is 0. The second-order valence-corrected chi connectivity index (χ2v) is 5.74. The van der Waals surface area contributed by atoms with Crippen LogP contribution in [0.3, 0.4) is 0 Å². The van der Waals surface area contributed by atoms with Crippen LogP contribution in [0.1, 0.15) is 38.4 Å². The number of nitrogens with zero attached hydrogens (tertiary/aromatic N) is 2. The molecule has 2 aromatic rings. The molecule has 1 aromatic heterocycles. The van der Waals surface area contributed by atoms with E-state index in [1.165, 1.54) is 5.56 Å². The Kier molecular flexibility index (Phi) is 5.74. The fourth-order valence-corrected chi connectivity index (χ4v) is 2.86. The highest BCUT2D eigenvalue weighted by Gasteiger charge is 2.14. The fourth-order valence-electron chi connectivity index (χ4n) is 2.35. The molecule has 0 bridgehead atoms. The molecule has 1 N–H and O–H groups in total.